The normalized spacial score (nSPS) is 15.7. The van der Waals surface area contributed by atoms with Gasteiger partial charge in [-0.1, -0.05) is 405 Å². The van der Waals surface area contributed by atoms with Crippen LogP contribution in [0.3, 0.4) is 0 Å². The fourth-order valence-corrected chi connectivity index (χ4v) is 16.7. The van der Waals surface area contributed by atoms with Crippen LogP contribution in [-0.4, -0.2) is 173 Å². The number of hydrogen-bond donors (Lipinski definition) is 7. The van der Waals surface area contributed by atoms with Crippen LogP contribution in [-0.2, 0) is 66.5 Å². The Morgan fingerprint density at radius 2 is 0.887 bits per heavy atom. The number of phenols is 3. The summed E-state index contributed by atoms with van der Waals surface area (Å²) in [6.07, 6.45) is 84.6. The molecule has 1 radical (unpaired) electrons. The number of phosphoric acid groups is 1. The minimum Gasteiger partial charge on any atom is -0.508 e. The first-order valence-electron chi connectivity index (χ1n) is 55.2. The van der Waals surface area contributed by atoms with Crippen molar-refractivity contribution < 1.29 is 130 Å². The summed E-state index contributed by atoms with van der Waals surface area (Å²) in [6.45, 7) is 27.6. The number of phenolic OH excluding ortho intramolecular Hbond substituents is 3. The number of aliphatic hydroxyl groups excluding tert-OH is 2. The van der Waals surface area contributed by atoms with Gasteiger partial charge in [0.05, 0.1) is 41.5 Å². The Morgan fingerprint density at radius 3 is 1.29 bits per heavy atom. The molecule has 0 spiro atoms. The second-order valence-corrected chi connectivity index (χ2v) is 42.8. The molecular weight excluding hydrogens is 2030 g/mol. The third kappa shape index (κ3) is 73.8. The molecule has 3 aromatic rings. The van der Waals surface area contributed by atoms with Crippen molar-refractivity contribution in [3.05, 3.63) is 219 Å². The Kier molecular flexibility index (Phi) is 83.8. The summed E-state index contributed by atoms with van der Waals surface area (Å²) in [5.41, 5.74) is 16.5. The monoisotopic (exact) mass is 2230 g/mol. The first-order chi connectivity index (χ1) is 71.3. The number of carbonyl (C=O) groups excluding carboxylic acids is 4. The van der Waals surface area contributed by atoms with Crippen molar-refractivity contribution >= 4 is 53.5 Å². The Hall–Kier alpha value is -8.48. The number of allylic oxidation sites excluding steroid dienone is 26. The molecule has 24 nitrogen and oxygen atoms in total. The zero-order valence-corrected chi connectivity index (χ0v) is 101. The summed E-state index contributed by atoms with van der Waals surface area (Å²) in [6, 6.07) is 11.0. The summed E-state index contributed by atoms with van der Waals surface area (Å²) in [5.74, 6) is -2.67. The number of rotatable bonds is 72. The minimum absolute atomic E-state index is 0. The SMILES string of the molecule is CC(C)=CCC/C(C)=C/C=C/C(C)=C/C=C/C(C)=C/C=C/C=C(C)/C=C/C=C(C)/C=C/C=C(\C)CCC=C(C)C.CCCCCCCCCCCC(=O)O.CCCCCCCCCCCCCCCCCC(=O)OC(COC(=O)CCCCCCCCCCCCCCC)COP(=O)([O-])OCC[N+](C)(C)C.COC(=O)[C@@H](N)C[Se].COc1cc([C@H]2Oc3cc([C@H]4Oc5cc(O)cc(O)c5C(=O)[C@@H]4O)ccc3O[C@@H]2CO)ccc1O.[Zn+2]. The number of nitrogens with zero attached hydrogens (tertiary/aromatic N) is 1. The number of methoxy groups -OCH3 is 2. The van der Waals surface area contributed by atoms with E-state index >= 15 is 0 Å². The molecule has 2 aliphatic heterocycles. The molecule has 839 valence electrons. The van der Waals surface area contributed by atoms with Crippen molar-refractivity contribution in [3.63, 3.8) is 0 Å². The second-order valence-electron chi connectivity index (χ2n) is 40.7. The van der Waals surface area contributed by atoms with Crippen molar-refractivity contribution in [2.45, 2.75) is 414 Å². The fraction of sp³-hybridized carbons (Fsp3) is 0.602. The second kappa shape index (κ2) is 88.8. The molecule has 0 saturated carbocycles. The van der Waals surface area contributed by atoms with Crippen LogP contribution in [0.25, 0.3) is 0 Å². The first kappa shape index (κ1) is 142. The molecule has 0 bridgehead atoms. The van der Waals surface area contributed by atoms with Crippen molar-refractivity contribution in [3.8, 4) is 40.2 Å². The molecule has 2 aliphatic rings. The molecule has 150 heavy (non-hydrogen) atoms. The Morgan fingerprint density at radius 1 is 0.487 bits per heavy atom. The van der Waals surface area contributed by atoms with E-state index in [1.54, 1.807) is 30.3 Å². The predicted octanol–water partition coefficient (Wildman–Crippen LogP) is 29.8. The standard InChI is InChI=1S/C42H84NO8P.C40H56.C25H22O10.C12H24O2.C4H8NO2Se.Zn/c1-6-8-10-12-14-16-18-20-21-23-25-27-29-31-33-35-42(45)51-40(39-50-52(46,47)49-37-36-43(3,4)5)38-48-41(44)34-32-30-28-26-24-22-19-17-15-13-11-9-7-2;1-33(2)19-13-23-37(7)27-17-31-39(9)29-15-25-35(5)21-11-12-22-36(6)26-16-30-40(10)32-18-28-38(8)24-14-20-34(3)4;1-32-17-6-11(2-4-14(17)28)24-20(10-26)33-16-5-3-12(7-18(16)34-24)25-23(31)22(30)21-15(29)8-13(27)9-19(21)35-25;1-2-3-4-5-6-7-8-9-10-11-12(13)14;1-7-4(6)3(5)2-8;/h40H,6-39H2,1-5H3;11-12,15-22,25-32H,13-14,23-24H2,1-10H3;2-9,20,23-29,31H,10H2,1H3;2-11H2,1H3,(H,13,14);3H,2,5H2,1H3;/q;;;;;+2/b;12-11+,25-15+,26-16+,31-17+,32-18+,35-21+,36-22+,37-27+,38-28+,39-29+,40-30+;;;;/t;;20-,23+,24-,25-;;3-;/m..1.0./s1. The number of aliphatic carboxylic acids is 1. The zero-order valence-electron chi connectivity index (χ0n) is 95.1. The average molecular weight is 2230 g/mol. The molecule has 0 amide bonds. The average Bonchev–Trinajstić information content (AvgIpc) is 0.757. The molecule has 0 aromatic heterocycles. The number of benzene rings is 3. The van der Waals surface area contributed by atoms with Crippen molar-refractivity contribution in [1.82, 2.24) is 0 Å². The summed E-state index contributed by atoms with van der Waals surface area (Å²) in [7, 11) is 3.91. The van der Waals surface area contributed by atoms with Gasteiger partial charge in [-0.15, -0.1) is 0 Å². The van der Waals surface area contributed by atoms with E-state index < -0.39 is 74.5 Å². The first-order valence-corrected chi connectivity index (χ1v) is 57.9. The Labute approximate surface area is 925 Å². The number of carbonyl (C=O) groups is 5. The largest absolute Gasteiger partial charge is 2.00 e. The van der Waals surface area contributed by atoms with Crippen LogP contribution in [0, 0.1) is 0 Å². The van der Waals surface area contributed by atoms with Gasteiger partial charge in [0, 0.05) is 37.0 Å². The number of aliphatic hydroxyl groups is 2. The van der Waals surface area contributed by atoms with Crippen LogP contribution in [0.2, 0.25) is 5.32 Å². The van der Waals surface area contributed by atoms with E-state index in [1.807, 2.05) is 21.1 Å². The van der Waals surface area contributed by atoms with Crippen LogP contribution in [0.1, 0.15) is 406 Å². The number of fused-ring (bicyclic) bond motifs is 2. The van der Waals surface area contributed by atoms with E-state index in [0.717, 1.165) is 76.7 Å². The van der Waals surface area contributed by atoms with Gasteiger partial charge in [-0.3, -0.25) is 23.7 Å². The number of aromatic hydroxyl groups is 3. The van der Waals surface area contributed by atoms with Crippen LogP contribution in [0.15, 0.2) is 202 Å². The number of unbranched alkanes of at least 4 members (excludes halogenated alkanes) is 34. The van der Waals surface area contributed by atoms with Gasteiger partial charge in [0.1, 0.15) is 42.6 Å². The van der Waals surface area contributed by atoms with E-state index in [9.17, 15) is 59.0 Å². The number of esters is 3. The maximum absolute atomic E-state index is 12.7. The quantitative estimate of drug-likeness (QED) is 0.00403. The number of hydrogen-bond acceptors (Lipinski definition) is 22. The van der Waals surface area contributed by atoms with Gasteiger partial charge in [-0.2, -0.15) is 0 Å². The Balaban J connectivity index is 0.00000202. The summed E-state index contributed by atoms with van der Waals surface area (Å²) in [5, 5.41) is 59.1. The van der Waals surface area contributed by atoms with E-state index in [4.69, 9.17) is 48.3 Å². The summed E-state index contributed by atoms with van der Waals surface area (Å²) >= 11 is 2.63. The molecular formula is C123H194N2O22PSeZn+2. The van der Waals surface area contributed by atoms with Crippen LogP contribution < -0.4 is 29.6 Å². The molecule has 0 aliphatic carbocycles. The molecule has 0 saturated heterocycles. The van der Waals surface area contributed by atoms with Crippen LogP contribution >= 0.6 is 7.82 Å². The minimum atomic E-state index is -4.61. The Bertz CT molecular complexity index is 4600. The molecule has 5 rings (SSSR count). The number of ketones is 1. The number of carboxylic acid groups (broad SMARTS) is 1. The number of ether oxygens (including phenoxy) is 7. The van der Waals surface area contributed by atoms with Gasteiger partial charge in [-0.05, 0) is 144 Å². The topological polar surface area (TPSA) is 356 Å². The molecule has 2 unspecified atom stereocenters. The molecule has 0 fully saturated rings. The molecule has 27 heteroatoms. The predicted molar refractivity (Wildman–Crippen MR) is 608 cm³/mol. The molecule has 3 aromatic carbocycles. The number of phosphoric ester groups is 1. The molecule has 8 N–H and O–H groups in total. The number of likely N-dealkylation sites (N-methyl/N-ethyl adjacent to an activating group) is 1. The van der Waals surface area contributed by atoms with E-state index in [0.29, 0.717) is 46.1 Å². The maximum atomic E-state index is 12.7. The number of quaternary nitrogens is 1. The van der Waals surface area contributed by atoms with Gasteiger partial charge in [0.2, 0.25) is 5.78 Å². The van der Waals surface area contributed by atoms with Gasteiger partial charge in [0.15, 0.2) is 53.5 Å². The molecule has 7 atom stereocenters. The third-order valence-corrected chi connectivity index (χ3v) is 26.5. The maximum Gasteiger partial charge on any atom is 2.00 e. The van der Waals surface area contributed by atoms with Crippen molar-refractivity contribution in [1.29, 1.82) is 0 Å². The van der Waals surface area contributed by atoms with Gasteiger partial charge >= 0.3 is 93.1 Å². The van der Waals surface area contributed by atoms with Gasteiger partial charge in [0.25, 0.3) is 7.82 Å². The fourth-order valence-electron chi connectivity index (χ4n) is 15.7. The molecule has 2 heterocycles. The van der Waals surface area contributed by atoms with E-state index in [2.05, 4.69) is 220 Å². The smallest absolute Gasteiger partial charge is 0.508 e. The van der Waals surface area contributed by atoms with E-state index in [1.165, 1.54) is 257 Å². The number of carboxylic acids is 1. The summed E-state index contributed by atoms with van der Waals surface area (Å²) in [4.78, 5) is 70.8. The van der Waals surface area contributed by atoms with Gasteiger partial charge < -0.3 is 77.5 Å². The van der Waals surface area contributed by atoms with Gasteiger partial charge in [-0.25, -0.2) is 0 Å². The number of Topliss-reactive ketones (excluding diaryl/α,β-unsaturated/α-hetero) is 1. The van der Waals surface area contributed by atoms with Crippen molar-refractivity contribution in [2.24, 2.45) is 5.73 Å². The third-order valence-electron chi connectivity index (χ3n) is 24.7. The van der Waals surface area contributed by atoms with Crippen LogP contribution in [0.5, 0.6) is 40.2 Å². The van der Waals surface area contributed by atoms with Crippen molar-refractivity contribution in [2.75, 3.05) is 68.3 Å². The summed E-state index contributed by atoms with van der Waals surface area (Å²) < 4.78 is 61.2. The van der Waals surface area contributed by atoms with E-state index in [-0.39, 0.29) is 98.4 Å². The zero-order chi connectivity index (χ0) is 111. The van der Waals surface area contributed by atoms with Crippen LogP contribution in [0.4, 0.5) is 0 Å². The number of nitrogens with two attached hydrogens (primary N) is 1.